The molecule has 0 radical (unpaired) electrons. The van der Waals surface area contributed by atoms with Crippen molar-refractivity contribution in [1.29, 1.82) is 0 Å². The fraction of sp³-hybridized carbons (Fsp3) is 0.333. The minimum absolute atomic E-state index is 0.220. The number of hydrogen-bond acceptors (Lipinski definition) is 6. The highest BCUT2D eigenvalue weighted by Gasteiger charge is 2.23. The Labute approximate surface area is 172 Å². The van der Waals surface area contributed by atoms with E-state index in [0.29, 0.717) is 5.92 Å². The predicted molar refractivity (Wildman–Crippen MR) is 109 cm³/mol. The molecule has 3 aromatic rings. The first-order valence-electron chi connectivity index (χ1n) is 9.69. The highest BCUT2D eigenvalue weighted by atomic mass is 32.2. The summed E-state index contributed by atoms with van der Waals surface area (Å²) in [5, 5.41) is 4.19. The van der Waals surface area contributed by atoms with E-state index in [9.17, 15) is 8.76 Å². The quantitative estimate of drug-likeness (QED) is 0.601. The molecular formula is C21H23N4O3S-. The Kier molecular flexibility index (Phi) is 6.46. The monoisotopic (exact) mass is 411 g/mol. The van der Waals surface area contributed by atoms with Crippen molar-refractivity contribution in [3.8, 4) is 11.3 Å². The van der Waals surface area contributed by atoms with Gasteiger partial charge in [0, 0.05) is 41.1 Å². The number of benzene rings is 1. The number of nitrogens with one attached hydrogen (secondary N) is 1. The van der Waals surface area contributed by atoms with E-state index >= 15 is 0 Å². The van der Waals surface area contributed by atoms with Crippen LogP contribution in [0.5, 0.6) is 0 Å². The summed E-state index contributed by atoms with van der Waals surface area (Å²) in [5.41, 5.74) is 3.70. The van der Waals surface area contributed by atoms with E-state index in [1.54, 1.807) is 0 Å². The summed E-state index contributed by atoms with van der Waals surface area (Å²) in [4.78, 5) is 7.00. The predicted octanol–water partition coefficient (Wildman–Crippen LogP) is 3.00. The maximum absolute atomic E-state index is 10.7. The third-order valence-corrected chi connectivity index (χ3v) is 5.59. The van der Waals surface area contributed by atoms with Crippen molar-refractivity contribution >= 4 is 11.3 Å². The fourth-order valence-electron chi connectivity index (χ4n) is 3.70. The molecule has 1 unspecified atom stereocenters. The van der Waals surface area contributed by atoms with Gasteiger partial charge in [0.05, 0.1) is 12.2 Å². The molecule has 1 aliphatic rings. The lowest BCUT2D eigenvalue weighted by Crippen LogP contribution is -2.32. The van der Waals surface area contributed by atoms with E-state index in [1.165, 1.54) is 0 Å². The van der Waals surface area contributed by atoms with Gasteiger partial charge in [0.1, 0.15) is 5.69 Å². The highest BCUT2D eigenvalue weighted by Crippen LogP contribution is 2.28. The smallest absolute Gasteiger partial charge is 0.151 e. The summed E-state index contributed by atoms with van der Waals surface area (Å²) in [5.74, 6) is 1.26. The van der Waals surface area contributed by atoms with Crippen molar-refractivity contribution in [2.24, 2.45) is 0 Å². The topological polar surface area (TPSA) is 94.3 Å². The maximum atomic E-state index is 10.7. The molecule has 4 rings (SSSR count). The molecule has 3 heterocycles. The first-order valence-corrected chi connectivity index (χ1v) is 10.8. The van der Waals surface area contributed by atoms with Gasteiger partial charge in [0.2, 0.25) is 0 Å². The van der Waals surface area contributed by atoms with Crippen LogP contribution in [-0.2, 0) is 24.4 Å². The van der Waals surface area contributed by atoms with E-state index in [-0.39, 0.29) is 6.54 Å². The molecule has 0 spiro atoms. The maximum Gasteiger partial charge on any atom is 0.151 e. The lowest BCUT2D eigenvalue weighted by Gasteiger charge is -2.31. The molecule has 2 aromatic heterocycles. The van der Waals surface area contributed by atoms with Crippen LogP contribution in [-0.4, -0.2) is 36.9 Å². The molecule has 1 atom stereocenters. The molecule has 1 N–H and O–H groups in total. The van der Waals surface area contributed by atoms with Gasteiger partial charge >= 0.3 is 0 Å². The summed E-state index contributed by atoms with van der Waals surface area (Å²) in [6.45, 7) is 2.89. The molecule has 29 heavy (non-hydrogen) atoms. The Morgan fingerprint density at radius 1 is 1.14 bits per heavy atom. The third-order valence-electron chi connectivity index (χ3n) is 5.21. The van der Waals surface area contributed by atoms with E-state index in [1.807, 2.05) is 54.6 Å². The van der Waals surface area contributed by atoms with Gasteiger partial charge in [-0.2, -0.15) is 0 Å². The number of likely N-dealkylation sites (tertiary alicyclic amines) is 1. The number of aromatic nitrogens is 2. The van der Waals surface area contributed by atoms with Crippen LogP contribution in [0.3, 0.4) is 0 Å². The van der Waals surface area contributed by atoms with Crippen molar-refractivity contribution in [3.05, 3.63) is 71.7 Å². The Morgan fingerprint density at radius 3 is 2.69 bits per heavy atom. The molecule has 1 saturated heterocycles. The molecule has 1 aliphatic heterocycles. The molecule has 0 aliphatic carbocycles. The second-order valence-electron chi connectivity index (χ2n) is 7.20. The fourth-order valence-corrected chi connectivity index (χ4v) is 3.96. The molecule has 152 valence electrons. The Balaban J connectivity index is 1.31. The lowest BCUT2D eigenvalue weighted by molar-refractivity contribution is 0.183. The van der Waals surface area contributed by atoms with Crippen LogP contribution in [0.4, 0.5) is 0 Å². The minimum atomic E-state index is -2.27. The van der Waals surface area contributed by atoms with Gasteiger partial charge in [-0.3, -0.25) is 14.1 Å². The number of rotatable bonds is 7. The van der Waals surface area contributed by atoms with Gasteiger partial charge in [-0.25, -0.2) is 4.72 Å². The van der Waals surface area contributed by atoms with Crippen molar-refractivity contribution in [3.63, 3.8) is 0 Å². The molecule has 8 heteroatoms. The summed E-state index contributed by atoms with van der Waals surface area (Å²) < 4.78 is 29.2. The molecule has 7 nitrogen and oxygen atoms in total. The van der Waals surface area contributed by atoms with E-state index in [2.05, 4.69) is 19.8 Å². The van der Waals surface area contributed by atoms with Gasteiger partial charge in [0.15, 0.2) is 5.76 Å². The van der Waals surface area contributed by atoms with Crippen LogP contribution < -0.4 is 4.72 Å². The van der Waals surface area contributed by atoms with Gasteiger partial charge in [0.25, 0.3) is 0 Å². The minimum Gasteiger partial charge on any atom is -0.760 e. The molecule has 0 bridgehead atoms. The van der Waals surface area contributed by atoms with Crippen molar-refractivity contribution in [2.75, 3.05) is 13.1 Å². The number of pyridine rings is 1. The summed E-state index contributed by atoms with van der Waals surface area (Å²) in [6.07, 6.45) is 2.02. The summed E-state index contributed by atoms with van der Waals surface area (Å²) >= 11 is -2.27. The zero-order valence-electron chi connectivity index (χ0n) is 16.0. The zero-order chi connectivity index (χ0) is 20.1. The van der Waals surface area contributed by atoms with Gasteiger partial charge < -0.3 is 9.08 Å². The van der Waals surface area contributed by atoms with E-state index in [0.717, 1.165) is 60.9 Å². The lowest BCUT2D eigenvalue weighted by atomic mass is 9.93. The average Bonchev–Trinajstić information content (AvgIpc) is 3.22. The molecular weight excluding hydrogens is 388 g/mol. The number of nitrogens with zero attached hydrogens (tertiary/aromatic N) is 3. The Morgan fingerprint density at radius 2 is 1.93 bits per heavy atom. The SMILES string of the molecule is O=S([O-])NCc1cccc(C2CCN(Cc3cc(-c4ccccc4)no3)CC2)n1. The van der Waals surface area contributed by atoms with E-state index in [4.69, 9.17) is 4.52 Å². The molecule has 1 fully saturated rings. The van der Waals surface area contributed by atoms with Crippen molar-refractivity contribution in [2.45, 2.75) is 31.8 Å². The first kappa shape index (κ1) is 19.9. The zero-order valence-corrected chi connectivity index (χ0v) is 16.8. The van der Waals surface area contributed by atoms with Crippen LogP contribution in [0.25, 0.3) is 11.3 Å². The Bertz CT molecular complexity index is 955. The standard InChI is InChI=1S/C21H24N4O3S/c26-29(27)22-14-18-7-4-8-20(23-18)17-9-11-25(12-10-17)15-19-13-21(24-28-19)16-5-2-1-3-6-16/h1-8,13,17,22H,9-12,14-15H2,(H,26,27)/p-1. The molecule has 0 saturated carbocycles. The van der Waals surface area contributed by atoms with Crippen LogP contribution in [0.1, 0.15) is 35.9 Å². The third kappa shape index (κ3) is 5.36. The number of hydrogen-bond donors (Lipinski definition) is 1. The normalized spacial score (nSPS) is 16.7. The van der Waals surface area contributed by atoms with Crippen LogP contribution in [0.15, 0.2) is 59.1 Å². The second kappa shape index (κ2) is 9.41. The van der Waals surface area contributed by atoms with Crippen molar-refractivity contribution < 1.29 is 13.3 Å². The van der Waals surface area contributed by atoms with Crippen LogP contribution in [0.2, 0.25) is 0 Å². The van der Waals surface area contributed by atoms with Crippen LogP contribution >= 0.6 is 0 Å². The Hall–Kier alpha value is -2.39. The highest BCUT2D eigenvalue weighted by molar-refractivity contribution is 7.77. The summed E-state index contributed by atoms with van der Waals surface area (Å²) in [7, 11) is 0. The van der Waals surface area contributed by atoms with Gasteiger partial charge in [-0.05, 0) is 38.1 Å². The number of piperidine rings is 1. The second-order valence-corrected chi connectivity index (χ2v) is 7.96. The van der Waals surface area contributed by atoms with E-state index < -0.39 is 11.3 Å². The molecule has 0 amide bonds. The van der Waals surface area contributed by atoms with Gasteiger partial charge in [-0.15, -0.1) is 0 Å². The summed E-state index contributed by atoms with van der Waals surface area (Å²) in [6, 6.07) is 17.9. The van der Waals surface area contributed by atoms with Gasteiger partial charge in [-0.1, -0.05) is 41.6 Å². The average molecular weight is 412 g/mol. The van der Waals surface area contributed by atoms with Crippen molar-refractivity contribution in [1.82, 2.24) is 19.8 Å². The first-order chi connectivity index (χ1) is 14.2. The molecule has 1 aromatic carbocycles. The van der Waals surface area contributed by atoms with Crippen LogP contribution in [0, 0.1) is 0 Å². The largest absolute Gasteiger partial charge is 0.760 e.